The third-order valence-electron chi connectivity index (χ3n) is 5.73. The van der Waals surface area contributed by atoms with Gasteiger partial charge in [-0.25, -0.2) is 4.98 Å². The molecule has 7 nitrogen and oxygen atoms in total. The molecule has 2 aromatic heterocycles. The normalized spacial score (nSPS) is 19.0. The number of rotatable bonds is 5. The smallest absolute Gasteiger partial charge is 0.398 e. The first-order chi connectivity index (χ1) is 15.3. The number of benzene rings is 1. The van der Waals surface area contributed by atoms with E-state index in [0.717, 1.165) is 38.1 Å². The van der Waals surface area contributed by atoms with E-state index in [-0.39, 0.29) is 23.6 Å². The van der Waals surface area contributed by atoms with Crippen LogP contribution in [0.5, 0.6) is 0 Å². The molecule has 2 heterocycles. The Labute approximate surface area is 182 Å². The highest BCUT2D eigenvalue weighted by Crippen LogP contribution is 2.30. The number of fused-ring (bicyclic) bond motifs is 1. The van der Waals surface area contributed by atoms with Crippen LogP contribution < -0.4 is 16.4 Å². The molecule has 1 amide bonds. The van der Waals surface area contributed by atoms with E-state index < -0.39 is 11.9 Å². The maximum atomic E-state index is 13.0. The van der Waals surface area contributed by atoms with Crippen molar-refractivity contribution in [1.82, 2.24) is 14.7 Å². The summed E-state index contributed by atoms with van der Waals surface area (Å²) in [5, 5.41) is 13.8. The van der Waals surface area contributed by atoms with Gasteiger partial charge in [-0.1, -0.05) is 12.1 Å². The summed E-state index contributed by atoms with van der Waals surface area (Å²) in [5.74, 6) is 0.281. The summed E-state index contributed by atoms with van der Waals surface area (Å²) in [6.07, 6.45) is 0.508. The van der Waals surface area contributed by atoms with Gasteiger partial charge in [0.25, 0.3) is 5.91 Å². The number of anilines is 2. The number of nitrogens with one attached hydrogen (secondary N) is 3. The highest BCUT2D eigenvalue weighted by atomic mass is 19.4. The number of imidazole rings is 1. The van der Waals surface area contributed by atoms with Gasteiger partial charge in [-0.3, -0.25) is 9.20 Å². The zero-order valence-electron chi connectivity index (χ0n) is 17.1. The van der Waals surface area contributed by atoms with Gasteiger partial charge in [-0.2, -0.15) is 13.2 Å². The van der Waals surface area contributed by atoms with Crippen molar-refractivity contribution in [2.75, 3.05) is 11.1 Å². The molecule has 1 fully saturated rings. The molecule has 1 aromatic carbocycles. The fraction of sp³-hybridized carbons (Fsp3) is 0.318. The Kier molecular flexibility index (Phi) is 5.77. The number of hydrogen-bond acceptors (Lipinski definition) is 5. The van der Waals surface area contributed by atoms with Crippen molar-refractivity contribution in [1.29, 1.82) is 5.41 Å². The number of hydrogen-bond donors (Lipinski definition) is 4. The number of carbonyl (C=O) groups excluding carboxylic acids is 1. The number of nitrogens with zero attached hydrogens (tertiary/aromatic N) is 2. The van der Waals surface area contributed by atoms with Gasteiger partial charge in [-0.05, 0) is 49.9 Å². The molecule has 10 heteroatoms. The van der Waals surface area contributed by atoms with Crippen LogP contribution in [0.25, 0.3) is 5.65 Å². The fourth-order valence-electron chi connectivity index (χ4n) is 4.06. The SMILES string of the molecule is N=Cc1c(N)cccc1C(=O)N[C@H]1CC[C@@H](Nc2cccc3nc(C(F)(F)F)cn23)CC1. The first-order valence-electron chi connectivity index (χ1n) is 10.3. The molecule has 1 saturated carbocycles. The molecule has 1 aliphatic carbocycles. The summed E-state index contributed by atoms with van der Waals surface area (Å²) in [5.41, 5.74) is 6.29. The van der Waals surface area contributed by atoms with E-state index in [2.05, 4.69) is 15.6 Å². The number of amides is 1. The third-order valence-corrected chi connectivity index (χ3v) is 5.73. The first-order valence-corrected chi connectivity index (χ1v) is 10.3. The van der Waals surface area contributed by atoms with Crippen molar-refractivity contribution < 1.29 is 18.0 Å². The van der Waals surface area contributed by atoms with E-state index in [1.165, 1.54) is 10.5 Å². The molecule has 168 valence electrons. The number of nitrogen functional groups attached to an aromatic ring is 1. The lowest BCUT2D eigenvalue weighted by Gasteiger charge is -2.30. The Balaban J connectivity index is 1.39. The summed E-state index contributed by atoms with van der Waals surface area (Å²) >= 11 is 0. The molecule has 1 aliphatic rings. The lowest BCUT2D eigenvalue weighted by molar-refractivity contribution is -0.140. The highest BCUT2D eigenvalue weighted by molar-refractivity contribution is 6.04. The van der Waals surface area contributed by atoms with Crippen LogP contribution in [-0.2, 0) is 6.18 Å². The van der Waals surface area contributed by atoms with E-state index in [9.17, 15) is 18.0 Å². The predicted molar refractivity (Wildman–Crippen MR) is 116 cm³/mol. The largest absolute Gasteiger partial charge is 0.434 e. The average molecular weight is 444 g/mol. The quantitative estimate of drug-likeness (QED) is 0.351. The Bertz CT molecular complexity index is 1150. The minimum absolute atomic E-state index is 0.0265. The molecule has 0 aliphatic heterocycles. The van der Waals surface area contributed by atoms with Gasteiger partial charge in [0.1, 0.15) is 11.5 Å². The van der Waals surface area contributed by atoms with Crippen LogP contribution in [-0.4, -0.2) is 33.6 Å². The van der Waals surface area contributed by atoms with Crippen molar-refractivity contribution in [3.63, 3.8) is 0 Å². The minimum Gasteiger partial charge on any atom is -0.398 e. The summed E-state index contributed by atoms with van der Waals surface area (Å²) in [7, 11) is 0. The molecule has 0 radical (unpaired) electrons. The number of nitrogens with two attached hydrogens (primary N) is 1. The van der Waals surface area contributed by atoms with Crippen LogP contribution in [0.2, 0.25) is 0 Å². The third kappa shape index (κ3) is 4.39. The molecule has 32 heavy (non-hydrogen) atoms. The van der Waals surface area contributed by atoms with Crippen molar-refractivity contribution in [2.24, 2.45) is 0 Å². The molecule has 3 aromatic rings. The number of aromatic nitrogens is 2. The topological polar surface area (TPSA) is 108 Å². The summed E-state index contributed by atoms with van der Waals surface area (Å²) in [4.78, 5) is 16.3. The molecule has 0 unspecified atom stereocenters. The number of pyridine rings is 1. The van der Waals surface area contributed by atoms with Crippen LogP contribution in [0.1, 0.15) is 47.3 Å². The zero-order chi connectivity index (χ0) is 22.9. The second-order valence-corrected chi connectivity index (χ2v) is 7.88. The summed E-state index contributed by atoms with van der Waals surface area (Å²) in [6.45, 7) is 0. The van der Waals surface area contributed by atoms with Crippen LogP contribution in [0, 0.1) is 5.41 Å². The number of carbonyl (C=O) groups is 1. The standard InChI is InChI=1S/C22H23F3N6O/c23-22(24,25)18-12-31-19(5-2-6-20(31)30-18)28-13-7-9-14(10-8-13)29-21(32)15-3-1-4-17(27)16(15)11-26/h1-6,11-14,26,28H,7-10,27H2,(H,29,32)/t13-,14+. The maximum Gasteiger partial charge on any atom is 0.434 e. The van der Waals surface area contributed by atoms with Gasteiger partial charge in [0.05, 0.1) is 5.56 Å². The monoisotopic (exact) mass is 444 g/mol. The Morgan fingerprint density at radius 2 is 1.81 bits per heavy atom. The average Bonchev–Trinajstić information content (AvgIpc) is 3.21. The second kappa shape index (κ2) is 8.52. The van der Waals surface area contributed by atoms with Gasteiger partial charge in [0.2, 0.25) is 0 Å². The van der Waals surface area contributed by atoms with Crippen LogP contribution >= 0.6 is 0 Å². The Morgan fingerprint density at radius 3 is 2.50 bits per heavy atom. The summed E-state index contributed by atoms with van der Waals surface area (Å²) in [6, 6.07) is 9.93. The van der Waals surface area contributed by atoms with Gasteiger partial charge >= 0.3 is 6.18 Å². The van der Waals surface area contributed by atoms with E-state index in [0.29, 0.717) is 22.6 Å². The van der Waals surface area contributed by atoms with Crippen LogP contribution in [0.3, 0.4) is 0 Å². The van der Waals surface area contributed by atoms with Crippen molar-refractivity contribution >= 4 is 29.3 Å². The molecule has 0 bridgehead atoms. The second-order valence-electron chi connectivity index (χ2n) is 7.88. The number of halogens is 3. The molecule has 0 atom stereocenters. The predicted octanol–water partition coefficient (Wildman–Crippen LogP) is 4.09. The van der Waals surface area contributed by atoms with Gasteiger partial charge in [0.15, 0.2) is 5.69 Å². The molecule has 0 saturated heterocycles. The van der Waals surface area contributed by atoms with Crippen LogP contribution in [0.4, 0.5) is 24.7 Å². The molecule has 4 rings (SSSR count). The van der Waals surface area contributed by atoms with E-state index in [4.69, 9.17) is 11.1 Å². The highest BCUT2D eigenvalue weighted by Gasteiger charge is 2.34. The minimum atomic E-state index is -4.50. The Morgan fingerprint density at radius 1 is 1.12 bits per heavy atom. The van der Waals surface area contributed by atoms with E-state index in [1.807, 2.05) is 0 Å². The molecular weight excluding hydrogens is 421 g/mol. The van der Waals surface area contributed by atoms with Gasteiger partial charge < -0.3 is 21.8 Å². The molecular formula is C22H23F3N6O. The van der Waals surface area contributed by atoms with Crippen molar-refractivity contribution in [3.05, 3.63) is 59.4 Å². The van der Waals surface area contributed by atoms with E-state index >= 15 is 0 Å². The van der Waals surface area contributed by atoms with Gasteiger partial charge in [-0.15, -0.1) is 0 Å². The molecule has 0 spiro atoms. The maximum absolute atomic E-state index is 13.0. The lowest BCUT2D eigenvalue weighted by Crippen LogP contribution is -2.40. The first kappa shape index (κ1) is 21.7. The van der Waals surface area contributed by atoms with Gasteiger partial charge in [0, 0.05) is 35.7 Å². The van der Waals surface area contributed by atoms with Crippen LogP contribution in [0.15, 0.2) is 42.6 Å². The fourth-order valence-corrected chi connectivity index (χ4v) is 4.06. The van der Waals surface area contributed by atoms with Crippen molar-refractivity contribution in [2.45, 2.75) is 43.9 Å². The lowest BCUT2D eigenvalue weighted by atomic mass is 9.90. The Hall–Kier alpha value is -3.56. The van der Waals surface area contributed by atoms with Crippen molar-refractivity contribution in [3.8, 4) is 0 Å². The summed E-state index contributed by atoms with van der Waals surface area (Å²) < 4.78 is 40.4. The van der Waals surface area contributed by atoms with E-state index in [1.54, 1.807) is 30.3 Å². The zero-order valence-corrected chi connectivity index (χ0v) is 17.1. The number of alkyl halides is 3. The molecule has 5 N–H and O–H groups in total.